The number of unbranched alkanes of at least 4 members (excludes halogenated alkanes) is 7. The summed E-state index contributed by atoms with van der Waals surface area (Å²) >= 11 is 0. The fourth-order valence-corrected chi connectivity index (χ4v) is 2.27. The standard InChI is InChI=1S/C18H33NO3/c1-4-7-8-9-10-11-12-13-16-22-18(21)14-15-19(6-3)17(20)5-2/h5H,2,4,6-16H2,1,3H3. The summed E-state index contributed by atoms with van der Waals surface area (Å²) in [5.41, 5.74) is 0. The minimum atomic E-state index is -0.224. The monoisotopic (exact) mass is 311 g/mol. The first-order valence-electron chi connectivity index (χ1n) is 8.72. The van der Waals surface area contributed by atoms with E-state index in [-0.39, 0.29) is 18.3 Å². The van der Waals surface area contributed by atoms with Crippen molar-refractivity contribution in [2.75, 3.05) is 19.7 Å². The Bertz CT molecular complexity index is 315. The second kappa shape index (κ2) is 14.6. The molecule has 0 saturated heterocycles. The van der Waals surface area contributed by atoms with Gasteiger partial charge in [0.25, 0.3) is 0 Å². The van der Waals surface area contributed by atoms with Crippen molar-refractivity contribution in [3.63, 3.8) is 0 Å². The van der Waals surface area contributed by atoms with Crippen LogP contribution in [-0.2, 0) is 14.3 Å². The number of carbonyl (C=O) groups excluding carboxylic acids is 2. The molecule has 0 atom stereocenters. The molecule has 0 N–H and O–H groups in total. The maximum atomic E-state index is 11.6. The summed E-state index contributed by atoms with van der Waals surface area (Å²) < 4.78 is 5.19. The van der Waals surface area contributed by atoms with Crippen molar-refractivity contribution in [2.45, 2.75) is 71.6 Å². The highest BCUT2D eigenvalue weighted by molar-refractivity contribution is 5.87. The molecule has 1 amide bonds. The minimum Gasteiger partial charge on any atom is -0.466 e. The van der Waals surface area contributed by atoms with Gasteiger partial charge in [0.1, 0.15) is 0 Å². The van der Waals surface area contributed by atoms with Crippen molar-refractivity contribution >= 4 is 11.9 Å². The molecule has 0 aliphatic heterocycles. The first-order chi connectivity index (χ1) is 10.7. The van der Waals surface area contributed by atoms with Crippen molar-refractivity contribution < 1.29 is 14.3 Å². The molecule has 0 aromatic heterocycles. The van der Waals surface area contributed by atoms with Gasteiger partial charge in [-0.1, -0.05) is 58.4 Å². The van der Waals surface area contributed by atoms with E-state index in [2.05, 4.69) is 13.5 Å². The number of carbonyl (C=O) groups is 2. The van der Waals surface area contributed by atoms with E-state index < -0.39 is 0 Å². The van der Waals surface area contributed by atoms with Crippen molar-refractivity contribution in [1.82, 2.24) is 4.90 Å². The SMILES string of the molecule is C=CC(=O)N(CC)CCC(=O)OCCCCCCCCCC. The van der Waals surface area contributed by atoms with Gasteiger partial charge in [-0.2, -0.15) is 0 Å². The average molecular weight is 311 g/mol. The largest absolute Gasteiger partial charge is 0.466 e. The third kappa shape index (κ3) is 11.4. The second-order valence-electron chi connectivity index (χ2n) is 5.57. The fraction of sp³-hybridized carbons (Fsp3) is 0.778. The lowest BCUT2D eigenvalue weighted by Crippen LogP contribution is -2.31. The molecule has 0 saturated carbocycles. The molecule has 0 fully saturated rings. The first kappa shape index (κ1) is 20.7. The van der Waals surface area contributed by atoms with Crippen molar-refractivity contribution in [3.05, 3.63) is 12.7 Å². The zero-order valence-corrected chi connectivity index (χ0v) is 14.4. The highest BCUT2D eigenvalue weighted by Gasteiger charge is 2.10. The van der Waals surface area contributed by atoms with E-state index in [1.54, 1.807) is 4.90 Å². The van der Waals surface area contributed by atoms with E-state index in [1.165, 1.54) is 44.6 Å². The van der Waals surface area contributed by atoms with Crippen LogP contribution in [0.5, 0.6) is 0 Å². The lowest BCUT2D eigenvalue weighted by molar-refractivity contribution is -0.144. The van der Waals surface area contributed by atoms with E-state index in [0.717, 1.165) is 12.8 Å². The van der Waals surface area contributed by atoms with Crippen molar-refractivity contribution in [3.8, 4) is 0 Å². The van der Waals surface area contributed by atoms with Crippen molar-refractivity contribution in [2.24, 2.45) is 0 Å². The normalized spacial score (nSPS) is 10.3. The molecule has 0 aromatic carbocycles. The van der Waals surface area contributed by atoms with E-state index in [4.69, 9.17) is 4.74 Å². The van der Waals surface area contributed by atoms with Gasteiger partial charge >= 0.3 is 5.97 Å². The summed E-state index contributed by atoms with van der Waals surface area (Å²) in [5.74, 6) is -0.364. The maximum absolute atomic E-state index is 11.6. The molecule has 0 aromatic rings. The quantitative estimate of drug-likeness (QED) is 0.276. The van der Waals surface area contributed by atoms with Gasteiger partial charge in [-0.25, -0.2) is 0 Å². The fourth-order valence-electron chi connectivity index (χ4n) is 2.27. The van der Waals surface area contributed by atoms with Crippen LogP contribution in [0.4, 0.5) is 0 Å². The van der Waals surface area contributed by atoms with Crippen LogP contribution in [0.2, 0.25) is 0 Å². The number of esters is 1. The highest BCUT2D eigenvalue weighted by atomic mass is 16.5. The van der Waals surface area contributed by atoms with Crippen molar-refractivity contribution in [1.29, 1.82) is 0 Å². The number of hydrogen-bond donors (Lipinski definition) is 0. The summed E-state index contributed by atoms with van der Waals surface area (Å²) in [6.07, 6.45) is 11.4. The number of nitrogens with zero attached hydrogens (tertiary/aromatic N) is 1. The molecular weight excluding hydrogens is 278 g/mol. The smallest absolute Gasteiger partial charge is 0.307 e. The number of likely N-dealkylation sites (N-methyl/N-ethyl adjacent to an activating group) is 1. The predicted octanol–water partition coefficient (Wildman–Crippen LogP) is 4.09. The number of amides is 1. The summed E-state index contributed by atoms with van der Waals surface area (Å²) in [7, 11) is 0. The molecule has 0 rings (SSSR count). The van der Waals surface area contributed by atoms with Crippen LogP contribution in [-0.4, -0.2) is 36.5 Å². The molecule has 0 aliphatic carbocycles. The van der Waals surface area contributed by atoms with Gasteiger partial charge in [-0.3, -0.25) is 9.59 Å². The number of ether oxygens (including phenoxy) is 1. The zero-order chi connectivity index (χ0) is 16.6. The number of hydrogen-bond acceptors (Lipinski definition) is 3. The van der Waals surface area contributed by atoms with Crippen LogP contribution in [0, 0.1) is 0 Å². The first-order valence-corrected chi connectivity index (χ1v) is 8.72. The van der Waals surface area contributed by atoms with E-state index in [9.17, 15) is 9.59 Å². The van der Waals surface area contributed by atoms with Crippen LogP contribution < -0.4 is 0 Å². The van der Waals surface area contributed by atoms with E-state index in [1.807, 2.05) is 6.92 Å². The molecule has 0 bridgehead atoms. The minimum absolute atomic E-state index is 0.140. The van der Waals surface area contributed by atoms with Gasteiger partial charge in [0.05, 0.1) is 13.0 Å². The second-order valence-corrected chi connectivity index (χ2v) is 5.57. The van der Waals surface area contributed by atoms with E-state index >= 15 is 0 Å². The van der Waals surface area contributed by atoms with Crippen LogP contribution in [0.3, 0.4) is 0 Å². The lowest BCUT2D eigenvalue weighted by atomic mass is 10.1. The van der Waals surface area contributed by atoms with Gasteiger partial charge in [-0.15, -0.1) is 0 Å². The Labute approximate surface area is 135 Å². The third-order valence-electron chi connectivity index (χ3n) is 3.71. The molecule has 0 unspecified atom stereocenters. The molecule has 0 spiro atoms. The number of rotatable bonds is 14. The molecule has 0 radical (unpaired) electrons. The summed E-state index contributed by atoms with van der Waals surface area (Å²) in [5, 5.41) is 0. The topological polar surface area (TPSA) is 46.6 Å². The Morgan fingerprint density at radius 3 is 2.14 bits per heavy atom. The molecule has 4 nitrogen and oxygen atoms in total. The Kier molecular flexibility index (Phi) is 13.7. The van der Waals surface area contributed by atoms with E-state index in [0.29, 0.717) is 19.7 Å². The van der Waals surface area contributed by atoms with Gasteiger partial charge in [0, 0.05) is 13.1 Å². The summed E-state index contributed by atoms with van der Waals surface area (Å²) in [6, 6.07) is 0. The van der Waals surface area contributed by atoms with Crippen LogP contribution >= 0.6 is 0 Å². The Morgan fingerprint density at radius 2 is 1.59 bits per heavy atom. The zero-order valence-electron chi connectivity index (χ0n) is 14.4. The average Bonchev–Trinajstić information content (AvgIpc) is 2.53. The lowest BCUT2D eigenvalue weighted by Gasteiger charge is -2.18. The molecule has 0 heterocycles. The van der Waals surface area contributed by atoms with Crippen LogP contribution in [0.25, 0.3) is 0 Å². The molecule has 0 aliphatic rings. The maximum Gasteiger partial charge on any atom is 0.307 e. The highest BCUT2D eigenvalue weighted by Crippen LogP contribution is 2.08. The van der Waals surface area contributed by atoms with Gasteiger partial charge < -0.3 is 9.64 Å². The molecular formula is C18H33NO3. The van der Waals surface area contributed by atoms with Gasteiger partial charge in [0.15, 0.2) is 0 Å². The predicted molar refractivity (Wildman–Crippen MR) is 90.6 cm³/mol. The Balaban J connectivity index is 3.50. The van der Waals surface area contributed by atoms with Gasteiger partial charge in [0.2, 0.25) is 5.91 Å². The third-order valence-corrected chi connectivity index (χ3v) is 3.71. The van der Waals surface area contributed by atoms with Gasteiger partial charge in [-0.05, 0) is 19.4 Å². The summed E-state index contributed by atoms with van der Waals surface area (Å²) in [6.45, 7) is 9.03. The Hall–Kier alpha value is -1.32. The molecule has 22 heavy (non-hydrogen) atoms. The van der Waals surface area contributed by atoms with Crippen LogP contribution in [0.15, 0.2) is 12.7 Å². The molecule has 128 valence electrons. The Morgan fingerprint density at radius 1 is 1.00 bits per heavy atom. The summed E-state index contributed by atoms with van der Waals surface area (Å²) in [4.78, 5) is 24.6. The van der Waals surface area contributed by atoms with Crippen LogP contribution in [0.1, 0.15) is 71.6 Å². The molecule has 4 heteroatoms.